The zero-order valence-electron chi connectivity index (χ0n) is 10.6. The summed E-state index contributed by atoms with van der Waals surface area (Å²) >= 11 is 0. The highest BCUT2D eigenvalue weighted by molar-refractivity contribution is 4.96. The van der Waals surface area contributed by atoms with E-state index in [0.717, 1.165) is 0 Å². The predicted octanol–water partition coefficient (Wildman–Crippen LogP) is 2.39. The van der Waals surface area contributed by atoms with Crippen molar-refractivity contribution in [2.75, 3.05) is 19.6 Å². The first-order valence-electron chi connectivity index (χ1n) is 6.52. The van der Waals surface area contributed by atoms with Crippen molar-refractivity contribution in [2.24, 2.45) is 0 Å². The fourth-order valence-electron chi connectivity index (χ4n) is 3.22. The molecule has 2 aliphatic rings. The van der Waals surface area contributed by atoms with Crippen molar-refractivity contribution < 1.29 is 0 Å². The van der Waals surface area contributed by atoms with Crippen LogP contribution in [-0.4, -0.2) is 35.6 Å². The molecule has 1 saturated heterocycles. The molecule has 1 aliphatic carbocycles. The highest BCUT2D eigenvalue weighted by atomic mass is 15.2. The normalized spacial score (nSPS) is 31.4. The van der Waals surface area contributed by atoms with Gasteiger partial charge in [-0.3, -0.25) is 4.90 Å². The van der Waals surface area contributed by atoms with E-state index in [4.69, 9.17) is 0 Å². The Balaban J connectivity index is 2.06. The second kappa shape index (κ2) is 4.06. The molecule has 0 radical (unpaired) electrons. The first-order chi connectivity index (χ1) is 7.02. The maximum Gasteiger partial charge on any atom is 0.0252 e. The van der Waals surface area contributed by atoms with Crippen LogP contribution in [0.3, 0.4) is 0 Å². The molecule has 0 amide bonds. The van der Waals surface area contributed by atoms with E-state index >= 15 is 0 Å². The first kappa shape index (κ1) is 11.4. The summed E-state index contributed by atoms with van der Waals surface area (Å²) in [6.07, 6.45) is 6.98. The average Bonchev–Trinajstić information content (AvgIpc) is 2.50. The lowest BCUT2D eigenvalue weighted by Crippen LogP contribution is -2.53. The summed E-state index contributed by atoms with van der Waals surface area (Å²) in [5.74, 6) is 0. The van der Waals surface area contributed by atoms with E-state index in [2.05, 4.69) is 31.0 Å². The summed E-state index contributed by atoms with van der Waals surface area (Å²) in [6.45, 7) is 10.8. The van der Waals surface area contributed by atoms with E-state index in [9.17, 15) is 0 Å². The third-order valence-corrected chi connectivity index (χ3v) is 4.24. The van der Waals surface area contributed by atoms with Gasteiger partial charge in [-0.15, -0.1) is 0 Å². The van der Waals surface area contributed by atoms with Crippen molar-refractivity contribution in [3.63, 3.8) is 0 Å². The molecule has 0 atom stereocenters. The number of rotatable bonds is 1. The van der Waals surface area contributed by atoms with Crippen molar-refractivity contribution in [1.29, 1.82) is 0 Å². The molecule has 1 heterocycles. The quantitative estimate of drug-likeness (QED) is 0.715. The first-order valence-corrected chi connectivity index (χ1v) is 6.52. The summed E-state index contributed by atoms with van der Waals surface area (Å²) in [5.41, 5.74) is 0.797. The van der Waals surface area contributed by atoms with Crippen LogP contribution in [0.4, 0.5) is 0 Å². The summed E-state index contributed by atoms with van der Waals surface area (Å²) in [6, 6.07) is 0. The molecule has 1 N–H and O–H groups in total. The molecule has 0 aromatic heterocycles. The van der Waals surface area contributed by atoms with Crippen LogP contribution < -0.4 is 5.32 Å². The van der Waals surface area contributed by atoms with Crippen LogP contribution in [0, 0.1) is 0 Å². The lowest BCUT2D eigenvalue weighted by molar-refractivity contribution is 0.0920. The Morgan fingerprint density at radius 2 is 1.67 bits per heavy atom. The van der Waals surface area contributed by atoms with E-state index in [-0.39, 0.29) is 0 Å². The molecule has 15 heavy (non-hydrogen) atoms. The zero-order chi connectivity index (χ0) is 10.9. The van der Waals surface area contributed by atoms with Crippen molar-refractivity contribution in [1.82, 2.24) is 10.2 Å². The third kappa shape index (κ3) is 2.54. The number of nitrogens with one attached hydrogen (secondary N) is 1. The van der Waals surface area contributed by atoms with Gasteiger partial charge in [0.2, 0.25) is 0 Å². The Bertz CT molecular complexity index is 217. The molecule has 88 valence electrons. The molecule has 0 spiro atoms. The van der Waals surface area contributed by atoms with Crippen molar-refractivity contribution >= 4 is 0 Å². The van der Waals surface area contributed by atoms with Crippen molar-refractivity contribution in [3.05, 3.63) is 0 Å². The van der Waals surface area contributed by atoms with Crippen LogP contribution in [0.25, 0.3) is 0 Å². The molecular formula is C13H26N2. The largest absolute Gasteiger partial charge is 0.310 e. The molecule has 1 saturated carbocycles. The van der Waals surface area contributed by atoms with Gasteiger partial charge < -0.3 is 5.32 Å². The van der Waals surface area contributed by atoms with Crippen LogP contribution in [0.1, 0.15) is 52.9 Å². The van der Waals surface area contributed by atoms with Gasteiger partial charge in [-0.05, 0) is 53.1 Å². The standard InChI is InChI=1S/C13H26N2/c1-12(2)11-15(10-6-9-14-12)13(3)7-4-5-8-13/h14H,4-11H2,1-3H3. The predicted molar refractivity (Wildman–Crippen MR) is 65.1 cm³/mol. The smallest absolute Gasteiger partial charge is 0.0252 e. The molecular weight excluding hydrogens is 184 g/mol. The topological polar surface area (TPSA) is 15.3 Å². The minimum absolute atomic E-state index is 0.294. The lowest BCUT2D eigenvalue weighted by Gasteiger charge is -2.41. The van der Waals surface area contributed by atoms with Crippen LogP contribution in [0.15, 0.2) is 0 Å². The third-order valence-electron chi connectivity index (χ3n) is 4.24. The van der Waals surface area contributed by atoms with Crippen LogP contribution in [0.2, 0.25) is 0 Å². The number of hydrogen-bond acceptors (Lipinski definition) is 2. The van der Waals surface area contributed by atoms with E-state index in [1.807, 2.05) is 0 Å². The summed E-state index contributed by atoms with van der Waals surface area (Å²) in [5, 5.41) is 3.65. The van der Waals surface area contributed by atoms with Crippen LogP contribution in [0.5, 0.6) is 0 Å². The molecule has 0 bridgehead atoms. The van der Waals surface area contributed by atoms with E-state index < -0.39 is 0 Å². The minimum atomic E-state index is 0.294. The second-order valence-corrected chi connectivity index (χ2v) is 6.29. The van der Waals surface area contributed by atoms with E-state index in [0.29, 0.717) is 11.1 Å². The van der Waals surface area contributed by atoms with Gasteiger partial charge in [0.15, 0.2) is 0 Å². The lowest BCUT2D eigenvalue weighted by atomic mass is 9.95. The van der Waals surface area contributed by atoms with Gasteiger partial charge in [-0.25, -0.2) is 0 Å². The van der Waals surface area contributed by atoms with Gasteiger partial charge in [0.25, 0.3) is 0 Å². The number of hydrogen-bond donors (Lipinski definition) is 1. The van der Waals surface area contributed by atoms with Crippen LogP contribution >= 0.6 is 0 Å². The molecule has 0 aromatic rings. The van der Waals surface area contributed by atoms with Gasteiger partial charge in [-0.2, -0.15) is 0 Å². The van der Waals surface area contributed by atoms with Gasteiger partial charge >= 0.3 is 0 Å². The Labute approximate surface area is 94.4 Å². The average molecular weight is 210 g/mol. The maximum absolute atomic E-state index is 3.65. The van der Waals surface area contributed by atoms with Crippen molar-refractivity contribution in [3.8, 4) is 0 Å². The summed E-state index contributed by atoms with van der Waals surface area (Å²) in [7, 11) is 0. The maximum atomic E-state index is 3.65. The highest BCUT2D eigenvalue weighted by Crippen LogP contribution is 2.36. The molecule has 1 aliphatic heterocycles. The van der Waals surface area contributed by atoms with Gasteiger partial charge in [0.05, 0.1) is 0 Å². The Kier molecular flexibility index (Phi) is 3.09. The molecule has 0 unspecified atom stereocenters. The molecule has 2 heteroatoms. The van der Waals surface area contributed by atoms with Gasteiger partial charge in [0.1, 0.15) is 0 Å². The van der Waals surface area contributed by atoms with Gasteiger partial charge in [-0.1, -0.05) is 12.8 Å². The number of nitrogens with zero attached hydrogens (tertiary/aromatic N) is 1. The summed E-state index contributed by atoms with van der Waals surface area (Å²) in [4.78, 5) is 2.75. The van der Waals surface area contributed by atoms with E-state index in [1.54, 1.807) is 0 Å². The fourth-order valence-corrected chi connectivity index (χ4v) is 3.22. The SMILES string of the molecule is CC1(C)CN(C2(C)CCCC2)CCCN1. The highest BCUT2D eigenvalue weighted by Gasteiger charge is 2.38. The Morgan fingerprint density at radius 3 is 2.33 bits per heavy atom. The zero-order valence-corrected chi connectivity index (χ0v) is 10.6. The molecule has 0 aromatic carbocycles. The van der Waals surface area contributed by atoms with Gasteiger partial charge in [0, 0.05) is 17.6 Å². The summed E-state index contributed by atoms with van der Waals surface area (Å²) < 4.78 is 0. The van der Waals surface area contributed by atoms with Crippen molar-refractivity contribution in [2.45, 2.75) is 64.0 Å². The Hall–Kier alpha value is -0.0800. The monoisotopic (exact) mass is 210 g/mol. The fraction of sp³-hybridized carbons (Fsp3) is 1.00. The van der Waals surface area contributed by atoms with E-state index in [1.165, 1.54) is 51.7 Å². The minimum Gasteiger partial charge on any atom is -0.310 e. The Morgan fingerprint density at radius 1 is 1.00 bits per heavy atom. The molecule has 2 nitrogen and oxygen atoms in total. The van der Waals surface area contributed by atoms with Crippen LogP contribution in [-0.2, 0) is 0 Å². The second-order valence-electron chi connectivity index (χ2n) is 6.29. The molecule has 2 rings (SSSR count). The molecule has 2 fully saturated rings.